The van der Waals surface area contributed by atoms with Gasteiger partial charge in [-0.25, -0.2) is 13.4 Å². The van der Waals surface area contributed by atoms with Gasteiger partial charge in [-0.3, -0.25) is 4.72 Å². The third kappa shape index (κ3) is 2.88. The van der Waals surface area contributed by atoms with E-state index in [1.807, 2.05) is 17.5 Å². The SMILES string of the molecule is CC(C)S(=O)(=O)Nc1cccc(-c2nccs2)c1. The van der Waals surface area contributed by atoms with E-state index in [-0.39, 0.29) is 0 Å². The van der Waals surface area contributed by atoms with Crippen molar-refractivity contribution in [2.75, 3.05) is 4.72 Å². The van der Waals surface area contributed by atoms with Crippen molar-refractivity contribution in [3.63, 3.8) is 0 Å². The van der Waals surface area contributed by atoms with Crippen LogP contribution in [0.15, 0.2) is 35.8 Å². The largest absolute Gasteiger partial charge is 0.283 e. The molecule has 96 valence electrons. The average molecular weight is 282 g/mol. The summed E-state index contributed by atoms with van der Waals surface area (Å²) >= 11 is 1.52. The first kappa shape index (κ1) is 13.0. The van der Waals surface area contributed by atoms with Crippen molar-refractivity contribution >= 4 is 27.0 Å². The van der Waals surface area contributed by atoms with E-state index in [0.29, 0.717) is 5.69 Å². The molecule has 0 unspecified atom stereocenters. The Morgan fingerprint density at radius 1 is 1.33 bits per heavy atom. The highest BCUT2D eigenvalue weighted by Gasteiger charge is 2.15. The molecule has 1 N–H and O–H groups in total. The molecular weight excluding hydrogens is 268 g/mol. The van der Waals surface area contributed by atoms with Gasteiger partial charge in [0, 0.05) is 22.8 Å². The van der Waals surface area contributed by atoms with Gasteiger partial charge in [0.2, 0.25) is 10.0 Å². The Labute approximate surface area is 111 Å². The van der Waals surface area contributed by atoms with Crippen molar-refractivity contribution in [2.24, 2.45) is 0 Å². The van der Waals surface area contributed by atoms with Crippen LogP contribution < -0.4 is 4.72 Å². The standard InChI is InChI=1S/C12H14N2O2S2/c1-9(2)18(15,16)14-11-5-3-4-10(8-11)12-13-6-7-17-12/h3-9,14H,1-2H3. The molecule has 0 aliphatic heterocycles. The molecule has 1 aromatic carbocycles. The van der Waals surface area contributed by atoms with Crippen molar-refractivity contribution in [3.05, 3.63) is 35.8 Å². The number of hydrogen-bond acceptors (Lipinski definition) is 4. The monoisotopic (exact) mass is 282 g/mol. The van der Waals surface area contributed by atoms with Gasteiger partial charge in [0.25, 0.3) is 0 Å². The number of thiazole rings is 1. The second kappa shape index (κ2) is 5.07. The van der Waals surface area contributed by atoms with Crippen LogP contribution in [0.3, 0.4) is 0 Å². The molecule has 0 saturated carbocycles. The van der Waals surface area contributed by atoms with Crippen LogP contribution in [-0.2, 0) is 10.0 Å². The molecule has 0 saturated heterocycles. The predicted octanol–water partition coefficient (Wildman–Crippen LogP) is 2.96. The normalized spacial score (nSPS) is 11.7. The smallest absolute Gasteiger partial charge is 0.235 e. The van der Waals surface area contributed by atoms with E-state index in [0.717, 1.165) is 10.6 Å². The average Bonchev–Trinajstić information content (AvgIpc) is 2.82. The zero-order valence-electron chi connectivity index (χ0n) is 10.1. The number of nitrogens with one attached hydrogen (secondary N) is 1. The van der Waals surface area contributed by atoms with E-state index in [1.54, 1.807) is 32.2 Å². The second-order valence-electron chi connectivity index (χ2n) is 4.11. The minimum atomic E-state index is -3.30. The maximum atomic E-state index is 11.8. The summed E-state index contributed by atoms with van der Waals surface area (Å²) in [7, 11) is -3.30. The molecule has 0 aliphatic carbocycles. The number of nitrogens with zero attached hydrogens (tertiary/aromatic N) is 1. The molecule has 18 heavy (non-hydrogen) atoms. The van der Waals surface area contributed by atoms with Crippen LogP contribution in [-0.4, -0.2) is 18.7 Å². The Balaban J connectivity index is 2.29. The maximum Gasteiger partial charge on any atom is 0.235 e. The minimum Gasteiger partial charge on any atom is -0.283 e. The zero-order valence-corrected chi connectivity index (χ0v) is 11.8. The number of hydrogen-bond donors (Lipinski definition) is 1. The van der Waals surface area contributed by atoms with Crippen molar-refractivity contribution in [3.8, 4) is 10.6 Å². The number of benzene rings is 1. The van der Waals surface area contributed by atoms with Crippen molar-refractivity contribution in [1.29, 1.82) is 0 Å². The van der Waals surface area contributed by atoms with Gasteiger partial charge >= 0.3 is 0 Å². The topological polar surface area (TPSA) is 59.1 Å². The van der Waals surface area contributed by atoms with Crippen molar-refractivity contribution in [2.45, 2.75) is 19.1 Å². The van der Waals surface area contributed by atoms with E-state index in [4.69, 9.17) is 0 Å². The molecule has 0 bridgehead atoms. The molecule has 0 radical (unpaired) electrons. The molecule has 0 atom stereocenters. The summed E-state index contributed by atoms with van der Waals surface area (Å²) < 4.78 is 26.1. The van der Waals surface area contributed by atoms with E-state index in [9.17, 15) is 8.42 Å². The van der Waals surface area contributed by atoms with Gasteiger partial charge in [0.15, 0.2) is 0 Å². The van der Waals surface area contributed by atoms with Gasteiger partial charge in [-0.1, -0.05) is 12.1 Å². The van der Waals surface area contributed by atoms with Crippen LogP contribution in [0.2, 0.25) is 0 Å². The van der Waals surface area contributed by atoms with Crippen molar-refractivity contribution in [1.82, 2.24) is 4.98 Å². The predicted molar refractivity (Wildman–Crippen MR) is 75.2 cm³/mol. The molecular formula is C12H14N2O2S2. The summed E-state index contributed by atoms with van der Waals surface area (Å²) in [6.45, 7) is 3.29. The first-order valence-electron chi connectivity index (χ1n) is 5.50. The summed E-state index contributed by atoms with van der Waals surface area (Å²) in [6, 6.07) is 7.25. The fourth-order valence-electron chi connectivity index (χ4n) is 1.36. The summed E-state index contributed by atoms with van der Waals surface area (Å²) in [5.74, 6) is 0. The first-order chi connectivity index (χ1) is 8.49. The van der Waals surface area contributed by atoms with Crippen LogP contribution >= 0.6 is 11.3 Å². The Morgan fingerprint density at radius 3 is 2.72 bits per heavy atom. The van der Waals surface area contributed by atoms with Crippen molar-refractivity contribution < 1.29 is 8.42 Å². The quantitative estimate of drug-likeness (QED) is 0.938. The Kier molecular flexibility index (Phi) is 3.68. The zero-order chi connectivity index (χ0) is 13.2. The highest BCUT2D eigenvalue weighted by Crippen LogP contribution is 2.25. The number of rotatable bonds is 4. The van der Waals surface area contributed by atoms with Gasteiger partial charge in [0.05, 0.1) is 5.25 Å². The van der Waals surface area contributed by atoms with Crippen LogP contribution in [0, 0.1) is 0 Å². The minimum absolute atomic E-state index is 0.457. The summed E-state index contributed by atoms with van der Waals surface area (Å²) in [5.41, 5.74) is 1.48. The second-order valence-corrected chi connectivity index (χ2v) is 7.25. The van der Waals surface area contributed by atoms with Gasteiger partial charge in [-0.15, -0.1) is 11.3 Å². The Morgan fingerprint density at radius 2 is 2.11 bits per heavy atom. The molecule has 1 aromatic heterocycles. The highest BCUT2D eigenvalue weighted by atomic mass is 32.2. The lowest BCUT2D eigenvalue weighted by Crippen LogP contribution is -2.22. The molecule has 6 heteroatoms. The van der Waals surface area contributed by atoms with Gasteiger partial charge < -0.3 is 0 Å². The number of aromatic nitrogens is 1. The molecule has 2 rings (SSSR count). The molecule has 4 nitrogen and oxygen atoms in total. The van der Waals surface area contributed by atoms with E-state index in [2.05, 4.69) is 9.71 Å². The Bertz CT molecular complexity index is 619. The maximum absolute atomic E-state index is 11.8. The summed E-state index contributed by atoms with van der Waals surface area (Å²) in [5, 5.41) is 2.31. The fraction of sp³-hybridized carbons (Fsp3) is 0.250. The van der Waals surface area contributed by atoms with Crippen LogP contribution in [0.25, 0.3) is 10.6 Å². The molecule has 2 aromatic rings. The third-order valence-electron chi connectivity index (χ3n) is 2.42. The van der Waals surface area contributed by atoms with Crippen LogP contribution in [0.4, 0.5) is 5.69 Å². The molecule has 0 spiro atoms. The van der Waals surface area contributed by atoms with E-state index in [1.165, 1.54) is 11.3 Å². The van der Waals surface area contributed by atoms with Gasteiger partial charge in [-0.05, 0) is 26.0 Å². The Hall–Kier alpha value is -1.40. The number of anilines is 1. The fourth-order valence-corrected chi connectivity index (χ4v) is 2.69. The lowest BCUT2D eigenvalue weighted by molar-refractivity contribution is 0.593. The third-order valence-corrected chi connectivity index (χ3v) is 5.01. The van der Waals surface area contributed by atoms with Crippen LogP contribution in [0.5, 0.6) is 0 Å². The highest BCUT2D eigenvalue weighted by molar-refractivity contribution is 7.93. The summed E-state index contributed by atoms with van der Waals surface area (Å²) in [6.07, 6.45) is 1.73. The molecule has 0 amide bonds. The molecule has 1 heterocycles. The molecule has 0 aliphatic rings. The van der Waals surface area contributed by atoms with Gasteiger partial charge in [0.1, 0.15) is 5.01 Å². The molecule has 0 fully saturated rings. The lowest BCUT2D eigenvalue weighted by Gasteiger charge is -2.11. The lowest BCUT2D eigenvalue weighted by atomic mass is 10.2. The van der Waals surface area contributed by atoms with Gasteiger partial charge in [-0.2, -0.15) is 0 Å². The van der Waals surface area contributed by atoms with E-state index < -0.39 is 15.3 Å². The van der Waals surface area contributed by atoms with E-state index >= 15 is 0 Å². The first-order valence-corrected chi connectivity index (χ1v) is 7.93. The van der Waals surface area contributed by atoms with Crippen LogP contribution in [0.1, 0.15) is 13.8 Å². The number of sulfonamides is 1. The summed E-state index contributed by atoms with van der Waals surface area (Å²) in [4.78, 5) is 4.20.